The highest BCUT2D eigenvalue weighted by molar-refractivity contribution is 6.36. The first kappa shape index (κ1) is 15.6. The molecule has 9 nitrogen and oxygen atoms in total. The van der Waals surface area contributed by atoms with Gasteiger partial charge in [0.15, 0.2) is 17.4 Å². The van der Waals surface area contributed by atoms with E-state index in [1.807, 2.05) is 6.92 Å². The summed E-state index contributed by atoms with van der Waals surface area (Å²) in [7, 11) is 0. The number of fused-ring (bicyclic) bond motifs is 2. The Morgan fingerprint density at radius 3 is 2.96 bits per heavy atom. The molecule has 3 aromatic rings. The van der Waals surface area contributed by atoms with E-state index >= 15 is 0 Å². The topological polar surface area (TPSA) is 116 Å². The minimum atomic E-state index is -1.18. The molecule has 10 heteroatoms. The fraction of sp³-hybridized carbons (Fsp3) is 0.267. The fourth-order valence-electron chi connectivity index (χ4n) is 3.02. The van der Waals surface area contributed by atoms with Crippen LogP contribution in [0.15, 0.2) is 18.7 Å². The Bertz CT molecular complexity index is 1010. The zero-order valence-electron chi connectivity index (χ0n) is 13.1. The first-order valence-corrected chi connectivity index (χ1v) is 7.91. The molecule has 1 aliphatic rings. The predicted molar refractivity (Wildman–Crippen MR) is 86.4 cm³/mol. The maximum atomic E-state index is 13.0. The summed E-state index contributed by atoms with van der Waals surface area (Å²) in [6.45, 7) is 2.06. The van der Waals surface area contributed by atoms with Crippen molar-refractivity contribution in [2.24, 2.45) is 0 Å². The van der Waals surface area contributed by atoms with Gasteiger partial charge in [-0.3, -0.25) is 4.79 Å². The molecule has 1 aliphatic heterocycles. The molecule has 0 unspecified atom stereocenters. The van der Waals surface area contributed by atoms with Crippen LogP contribution in [0.2, 0.25) is 5.02 Å². The second-order valence-electron chi connectivity index (χ2n) is 5.82. The summed E-state index contributed by atoms with van der Waals surface area (Å²) in [5.74, 6) is -1.72. The molecule has 3 aromatic heterocycles. The lowest BCUT2D eigenvalue weighted by atomic mass is 10.0. The van der Waals surface area contributed by atoms with E-state index in [4.69, 9.17) is 11.6 Å². The van der Waals surface area contributed by atoms with Crippen LogP contribution in [0.4, 0.5) is 0 Å². The Hall–Kier alpha value is -2.94. The van der Waals surface area contributed by atoms with Gasteiger partial charge < -0.3 is 15.0 Å². The highest BCUT2D eigenvalue weighted by Gasteiger charge is 2.39. The number of carboxylic acid groups (broad SMARTS) is 1. The summed E-state index contributed by atoms with van der Waals surface area (Å²) < 4.78 is 1.42. The summed E-state index contributed by atoms with van der Waals surface area (Å²) in [5.41, 5.74) is 2.23. The number of aryl methyl sites for hydroxylation is 1. The van der Waals surface area contributed by atoms with Crippen molar-refractivity contribution in [3.05, 3.63) is 46.4 Å². The normalized spacial score (nSPS) is 16.9. The molecule has 0 aliphatic carbocycles. The van der Waals surface area contributed by atoms with Crippen LogP contribution in [-0.2, 0) is 11.2 Å². The lowest BCUT2D eigenvalue weighted by Gasteiger charge is -2.31. The Balaban J connectivity index is 1.78. The van der Waals surface area contributed by atoms with Crippen LogP contribution >= 0.6 is 11.6 Å². The van der Waals surface area contributed by atoms with Gasteiger partial charge in [0.25, 0.3) is 5.91 Å². The third-order valence-corrected chi connectivity index (χ3v) is 4.52. The molecule has 0 saturated heterocycles. The molecular weight excluding hydrogens is 348 g/mol. The Morgan fingerprint density at radius 2 is 2.20 bits per heavy atom. The van der Waals surface area contributed by atoms with Gasteiger partial charge in [-0.1, -0.05) is 11.6 Å². The molecular formula is C15H13ClN6O3. The van der Waals surface area contributed by atoms with E-state index < -0.39 is 17.9 Å². The molecule has 25 heavy (non-hydrogen) atoms. The average molecular weight is 361 g/mol. The fourth-order valence-corrected chi connectivity index (χ4v) is 3.27. The van der Waals surface area contributed by atoms with E-state index in [-0.39, 0.29) is 17.3 Å². The van der Waals surface area contributed by atoms with Crippen LogP contribution in [0.1, 0.15) is 33.5 Å². The maximum absolute atomic E-state index is 13.0. The van der Waals surface area contributed by atoms with E-state index in [1.165, 1.54) is 15.7 Å². The smallest absolute Gasteiger partial charge is 0.332 e. The SMILES string of the molecule is Cc1cnc2c(Cl)c(C(=O)N3CCc4[nH]cnc4[C@H]3C(=O)O)nn2c1. The summed E-state index contributed by atoms with van der Waals surface area (Å²) >= 11 is 6.27. The van der Waals surface area contributed by atoms with E-state index in [2.05, 4.69) is 20.1 Å². The highest BCUT2D eigenvalue weighted by Crippen LogP contribution is 2.31. The number of amides is 1. The van der Waals surface area contributed by atoms with E-state index in [9.17, 15) is 14.7 Å². The van der Waals surface area contributed by atoms with Crippen LogP contribution in [-0.4, -0.2) is 53.0 Å². The van der Waals surface area contributed by atoms with Gasteiger partial charge in [-0.15, -0.1) is 0 Å². The summed E-state index contributed by atoms with van der Waals surface area (Å²) in [5, 5.41) is 13.9. The lowest BCUT2D eigenvalue weighted by Crippen LogP contribution is -2.44. The number of halogens is 1. The van der Waals surface area contributed by atoms with E-state index in [0.29, 0.717) is 17.8 Å². The van der Waals surface area contributed by atoms with Crippen LogP contribution in [0.5, 0.6) is 0 Å². The number of nitrogens with zero attached hydrogens (tertiary/aromatic N) is 5. The lowest BCUT2D eigenvalue weighted by molar-refractivity contribution is -0.143. The molecule has 0 fully saturated rings. The highest BCUT2D eigenvalue weighted by atomic mass is 35.5. The van der Waals surface area contributed by atoms with Gasteiger partial charge in [0, 0.05) is 31.1 Å². The number of carbonyl (C=O) groups is 2. The van der Waals surface area contributed by atoms with Crippen LogP contribution in [0, 0.1) is 6.92 Å². The molecule has 0 radical (unpaired) electrons. The number of carbonyl (C=O) groups excluding carboxylic acids is 1. The van der Waals surface area contributed by atoms with Crippen molar-refractivity contribution in [1.82, 2.24) is 29.5 Å². The first-order valence-electron chi connectivity index (χ1n) is 7.53. The molecule has 0 saturated carbocycles. The summed E-state index contributed by atoms with van der Waals surface area (Å²) in [6, 6.07) is -1.18. The van der Waals surface area contributed by atoms with Gasteiger partial charge in [-0.25, -0.2) is 19.3 Å². The summed E-state index contributed by atoms with van der Waals surface area (Å²) in [6.07, 6.45) is 5.22. The minimum Gasteiger partial charge on any atom is -0.479 e. The minimum absolute atomic E-state index is 0.0231. The number of imidazole rings is 1. The number of aliphatic carboxylic acids is 1. The number of carboxylic acids is 1. The van der Waals surface area contributed by atoms with Crippen molar-refractivity contribution in [3.8, 4) is 0 Å². The molecule has 0 spiro atoms. The van der Waals surface area contributed by atoms with Crippen molar-refractivity contribution < 1.29 is 14.7 Å². The van der Waals surface area contributed by atoms with Crippen LogP contribution in [0.25, 0.3) is 5.65 Å². The number of H-pyrrole nitrogens is 1. The van der Waals surface area contributed by atoms with Crippen LogP contribution in [0.3, 0.4) is 0 Å². The zero-order valence-corrected chi connectivity index (χ0v) is 13.9. The zero-order chi connectivity index (χ0) is 17.7. The second kappa shape index (κ2) is 5.55. The summed E-state index contributed by atoms with van der Waals surface area (Å²) in [4.78, 5) is 37.1. The Morgan fingerprint density at radius 1 is 1.40 bits per heavy atom. The molecule has 1 amide bonds. The van der Waals surface area contributed by atoms with Crippen LogP contribution < -0.4 is 0 Å². The number of hydrogen-bond acceptors (Lipinski definition) is 5. The monoisotopic (exact) mass is 360 g/mol. The van der Waals surface area contributed by atoms with Crippen molar-refractivity contribution in [2.75, 3.05) is 6.54 Å². The molecule has 4 rings (SSSR count). The number of aromatic nitrogens is 5. The van der Waals surface area contributed by atoms with Crippen molar-refractivity contribution in [1.29, 1.82) is 0 Å². The van der Waals surface area contributed by atoms with Gasteiger partial charge in [0.1, 0.15) is 5.02 Å². The Kier molecular flexibility index (Phi) is 3.46. The maximum Gasteiger partial charge on any atom is 0.332 e. The standard InChI is InChI=1S/C15H13ClN6O3/c1-7-4-17-13-9(16)11(20-22(13)5-7)14(23)21-3-2-8-10(19-6-18-8)12(21)15(24)25/h4-6,12H,2-3H2,1H3,(H,18,19)(H,24,25)/t12-/m0/s1. The van der Waals surface area contributed by atoms with Crippen molar-refractivity contribution >= 4 is 29.1 Å². The molecule has 2 N–H and O–H groups in total. The molecule has 0 bridgehead atoms. The molecule has 1 atom stereocenters. The third-order valence-electron chi connectivity index (χ3n) is 4.17. The Labute approximate surface area is 146 Å². The molecule has 128 valence electrons. The van der Waals surface area contributed by atoms with Gasteiger partial charge in [-0.2, -0.15) is 5.10 Å². The number of rotatable bonds is 2. The van der Waals surface area contributed by atoms with E-state index in [0.717, 1.165) is 11.3 Å². The molecule has 0 aromatic carbocycles. The van der Waals surface area contributed by atoms with Crippen molar-refractivity contribution in [3.63, 3.8) is 0 Å². The first-order chi connectivity index (χ1) is 12.0. The van der Waals surface area contributed by atoms with Gasteiger partial charge in [0.2, 0.25) is 0 Å². The quantitative estimate of drug-likeness (QED) is 0.710. The second-order valence-corrected chi connectivity index (χ2v) is 6.20. The van der Waals surface area contributed by atoms with Crippen molar-refractivity contribution in [2.45, 2.75) is 19.4 Å². The van der Waals surface area contributed by atoms with Gasteiger partial charge >= 0.3 is 5.97 Å². The third kappa shape index (κ3) is 2.35. The largest absolute Gasteiger partial charge is 0.479 e. The van der Waals surface area contributed by atoms with Gasteiger partial charge in [-0.05, 0) is 12.5 Å². The average Bonchev–Trinajstić information content (AvgIpc) is 3.17. The molecule has 4 heterocycles. The number of hydrogen-bond donors (Lipinski definition) is 2. The number of nitrogens with one attached hydrogen (secondary N) is 1. The van der Waals surface area contributed by atoms with E-state index in [1.54, 1.807) is 12.4 Å². The van der Waals surface area contributed by atoms with Gasteiger partial charge in [0.05, 0.1) is 12.0 Å². The number of aromatic amines is 1. The predicted octanol–water partition coefficient (Wildman–Crippen LogP) is 1.24.